The summed E-state index contributed by atoms with van der Waals surface area (Å²) in [5.74, 6) is 0. The van der Waals surface area contributed by atoms with Crippen molar-refractivity contribution in [2.24, 2.45) is 0 Å². The Hall–Kier alpha value is -0.900. The van der Waals surface area contributed by atoms with Gasteiger partial charge in [0.15, 0.2) is 0 Å². The van der Waals surface area contributed by atoms with Gasteiger partial charge in [-0.25, -0.2) is 0 Å². The third kappa shape index (κ3) is 1.86. The highest BCUT2D eigenvalue weighted by atomic mass is 16.5. The van der Waals surface area contributed by atoms with Crippen LogP contribution in [0.5, 0.6) is 0 Å². The Balaban J connectivity index is 1.81. The summed E-state index contributed by atoms with van der Waals surface area (Å²) in [7, 11) is 0. The van der Waals surface area contributed by atoms with E-state index >= 15 is 0 Å². The summed E-state index contributed by atoms with van der Waals surface area (Å²) >= 11 is 0. The minimum Gasteiger partial charge on any atom is -0.394 e. The van der Waals surface area contributed by atoms with Crippen molar-refractivity contribution in [3.8, 4) is 0 Å². The fourth-order valence-electron chi connectivity index (χ4n) is 2.37. The lowest BCUT2D eigenvalue weighted by Gasteiger charge is -2.22. The van der Waals surface area contributed by atoms with Gasteiger partial charge < -0.3 is 9.84 Å². The van der Waals surface area contributed by atoms with Crippen LogP contribution in [0.15, 0.2) is 30.3 Å². The quantitative estimate of drug-likeness (QED) is 0.837. The van der Waals surface area contributed by atoms with Crippen LogP contribution in [0.25, 0.3) is 0 Å². The largest absolute Gasteiger partial charge is 0.394 e. The lowest BCUT2D eigenvalue weighted by molar-refractivity contribution is -0.0216. The van der Waals surface area contributed by atoms with Crippen molar-refractivity contribution < 1.29 is 9.84 Å². The molecule has 16 heavy (non-hydrogen) atoms. The molecule has 1 aromatic rings. The number of aliphatic hydroxyl groups is 1. The minimum atomic E-state index is -0.0224. The first-order valence-electron chi connectivity index (χ1n) is 5.95. The molecule has 1 aliphatic carbocycles. The van der Waals surface area contributed by atoms with Crippen LogP contribution < -0.4 is 0 Å². The van der Waals surface area contributed by atoms with Crippen molar-refractivity contribution in [3.05, 3.63) is 35.9 Å². The third-order valence-electron chi connectivity index (χ3n) is 3.34. The molecule has 0 amide bonds. The van der Waals surface area contributed by atoms with Crippen LogP contribution >= 0.6 is 0 Å². The fourth-order valence-corrected chi connectivity index (χ4v) is 2.37. The van der Waals surface area contributed by atoms with Crippen molar-refractivity contribution in [3.63, 3.8) is 0 Å². The lowest BCUT2D eigenvalue weighted by Crippen LogP contribution is -2.27. The molecule has 1 saturated carbocycles. The Morgan fingerprint density at radius 2 is 2.00 bits per heavy atom. The Bertz CT molecular complexity index is 350. The van der Waals surface area contributed by atoms with Gasteiger partial charge in [-0.1, -0.05) is 30.3 Å². The van der Waals surface area contributed by atoms with Gasteiger partial charge in [0.2, 0.25) is 0 Å². The van der Waals surface area contributed by atoms with E-state index in [1.807, 2.05) is 18.2 Å². The smallest absolute Gasteiger partial charge is 0.137 e. The number of aliphatic hydroxyl groups excluding tert-OH is 1. The maximum Gasteiger partial charge on any atom is 0.137 e. The van der Waals surface area contributed by atoms with Crippen LogP contribution in [0.1, 0.15) is 24.6 Å². The van der Waals surface area contributed by atoms with Gasteiger partial charge in [0, 0.05) is 12.6 Å². The van der Waals surface area contributed by atoms with Crippen molar-refractivity contribution in [1.82, 2.24) is 4.90 Å². The van der Waals surface area contributed by atoms with E-state index in [2.05, 4.69) is 17.0 Å². The summed E-state index contributed by atoms with van der Waals surface area (Å²) in [6.45, 7) is 0.979. The van der Waals surface area contributed by atoms with Gasteiger partial charge in [0.05, 0.1) is 12.7 Å². The number of ether oxygens (including phenoxy) is 1. The number of rotatable bonds is 3. The van der Waals surface area contributed by atoms with E-state index in [0.29, 0.717) is 6.04 Å². The van der Waals surface area contributed by atoms with Crippen molar-refractivity contribution in [1.29, 1.82) is 0 Å². The molecule has 0 radical (unpaired) electrons. The Kier molecular flexibility index (Phi) is 2.67. The maximum absolute atomic E-state index is 9.20. The van der Waals surface area contributed by atoms with E-state index in [0.717, 1.165) is 6.54 Å². The van der Waals surface area contributed by atoms with Crippen molar-refractivity contribution in [2.45, 2.75) is 31.2 Å². The predicted octanol–water partition coefficient (Wildman–Crippen LogP) is 1.54. The summed E-state index contributed by atoms with van der Waals surface area (Å²) in [5, 5.41) is 9.20. The molecule has 86 valence electrons. The zero-order valence-corrected chi connectivity index (χ0v) is 9.25. The molecule has 0 aromatic heterocycles. The second-order valence-corrected chi connectivity index (χ2v) is 4.63. The van der Waals surface area contributed by atoms with Gasteiger partial charge in [-0.15, -0.1) is 0 Å². The predicted molar refractivity (Wildman–Crippen MR) is 60.9 cm³/mol. The second kappa shape index (κ2) is 4.17. The molecule has 1 aromatic carbocycles. The summed E-state index contributed by atoms with van der Waals surface area (Å²) in [6, 6.07) is 11.0. The van der Waals surface area contributed by atoms with Gasteiger partial charge in [0.1, 0.15) is 6.23 Å². The molecular weight excluding hydrogens is 202 g/mol. The Morgan fingerprint density at radius 1 is 1.25 bits per heavy atom. The van der Waals surface area contributed by atoms with E-state index < -0.39 is 0 Å². The van der Waals surface area contributed by atoms with E-state index in [-0.39, 0.29) is 18.9 Å². The molecule has 3 heteroatoms. The van der Waals surface area contributed by atoms with Crippen LogP contribution in [0.4, 0.5) is 0 Å². The Morgan fingerprint density at radius 3 is 2.62 bits per heavy atom. The number of hydrogen-bond acceptors (Lipinski definition) is 3. The first kappa shape index (κ1) is 10.3. The third-order valence-corrected chi connectivity index (χ3v) is 3.34. The van der Waals surface area contributed by atoms with Gasteiger partial charge >= 0.3 is 0 Å². The molecule has 1 saturated heterocycles. The normalized spacial score (nSPS) is 30.8. The highest BCUT2D eigenvalue weighted by molar-refractivity contribution is 5.19. The number of hydrogen-bond donors (Lipinski definition) is 1. The molecule has 3 rings (SSSR count). The van der Waals surface area contributed by atoms with Crippen LogP contribution in [-0.2, 0) is 4.74 Å². The van der Waals surface area contributed by atoms with E-state index in [1.165, 1.54) is 18.4 Å². The molecule has 0 bridgehead atoms. The van der Waals surface area contributed by atoms with Crippen LogP contribution in [-0.4, -0.2) is 35.3 Å². The highest BCUT2D eigenvalue weighted by Gasteiger charge is 2.41. The average molecular weight is 219 g/mol. The summed E-state index contributed by atoms with van der Waals surface area (Å²) in [5.41, 5.74) is 1.20. The first-order valence-corrected chi connectivity index (χ1v) is 5.95. The number of nitrogens with zero attached hydrogens (tertiary/aromatic N) is 1. The minimum absolute atomic E-state index is 0.0224. The number of benzene rings is 1. The molecule has 2 unspecified atom stereocenters. The molecule has 2 atom stereocenters. The van der Waals surface area contributed by atoms with E-state index in [1.54, 1.807) is 0 Å². The highest BCUT2D eigenvalue weighted by Crippen LogP contribution is 2.39. The zero-order valence-electron chi connectivity index (χ0n) is 9.25. The van der Waals surface area contributed by atoms with E-state index in [4.69, 9.17) is 4.74 Å². The van der Waals surface area contributed by atoms with Gasteiger partial charge in [-0.3, -0.25) is 4.90 Å². The van der Waals surface area contributed by atoms with Gasteiger partial charge in [-0.2, -0.15) is 0 Å². The second-order valence-electron chi connectivity index (χ2n) is 4.63. The average Bonchev–Trinajstić information content (AvgIpc) is 3.10. The standard InChI is InChI=1S/C13H17NO2/c15-9-12-8-14(11-6-7-11)13(16-12)10-4-2-1-3-5-10/h1-5,11-13,15H,6-9H2. The molecule has 1 aliphatic heterocycles. The monoisotopic (exact) mass is 219 g/mol. The lowest BCUT2D eigenvalue weighted by atomic mass is 10.2. The summed E-state index contributed by atoms with van der Waals surface area (Å²) in [4.78, 5) is 2.39. The van der Waals surface area contributed by atoms with Crippen molar-refractivity contribution in [2.75, 3.05) is 13.2 Å². The Labute approximate surface area is 95.6 Å². The maximum atomic E-state index is 9.20. The zero-order chi connectivity index (χ0) is 11.0. The van der Waals surface area contributed by atoms with Crippen LogP contribution in [0.3, 0.4) is 0 Å². The van der Waals surface area contributed by atoms with Crippen LogP contribution in [0.2, 0.25) is 0 Å². The SMILES string of the molecule is OCC1CN(C2CC2)C(c2ccccc2)O1. The molecule has 0 spiro atoms. The van der Waals surface area contributed by atoms with E-state index in [9.17, 15) is 5.11 Å². The molecule has 1 N–H and O–H groups in total. The summed E-state index contributed by atoms with van der Waals surface area (Å²) < 4.78 is 5.89. The van der Waals surface area contributed by atoms with Gasteiger partial charge in [-0.05, 0) is 18.4 Å². The first-order chi connectivity index (χ1) is 7.88. The fraction of sp³-hybridized carbons (Fsp3) is 0.538. The topological polar surface area (TPSA) is 32.7 Å². The molecule has 1 heterocycles. The van der Waals surface area contributed by atoms with Crippen molar-refractivity contribution >= 4 is 0 Å². The van der Waals surface area contributed by atoms with Gasteiger partial charge in [0.25, 0.3) is 0 Å². The molecular formula is C13H17NO2. The van der Waals surface area contributed by atoms with Crippen LogP contribution in [0, 0.1) is 0 Å². The summed E-state index contributed by atoms with van der Waals surface area (Å²) in [6.07, 6.45) is 2.56. The molecule has 2 fully saturated rings. The molecule has 2 aliphatic rings. The molecule has 3 nitrogen and oxygen atoms in total.